The molecule has 1 N–H and O–H groups in total. The summed E-state index contributed by atoms with van der Waals surface area (Å²) in [5.74, 6) is 0. The van der Waals surface area contributed by atoms with Crippen molar-refractivity contribution in [1.29, 1.82) is 0 Å². The average Bonchev–Trinajstić information content (AvgIpc) is 3.00. The van der Waals surface area contributed by atoms with E-state index in [0.29, 0.717) is 12.2 Å². The maximum Gasteiger partial charge on any atom is 0.270 e. The third-order valence-electron chi connectivity index (χ3n) is 3.46. The maximum atomic E-state index is 12.5. The van der Waals surface area contributed by atoms with Crippen LogP contribution in [0, 0.1) is 10.1 Å². The van der Waals surface area contributed by atoms with Gasteiger partial charge < -0.3 is 0 Å². The lowest BCUT2D eigenvalue weighted by Gasteiger charge is -2.10. The van der Waals surface area contributed by atoms with Crippen LogP contribution in [-0.4, -0.2) is 23.1 Å². The van der Waals surface area contributed by atoms with Crippen molar-refractivity contribution in [3.8, 4) is 0 Å². The minimum absolute atomic E-state index is 0.173. The minimum atomic E-state index is -3.94. The van der Waals surface area contributed by atoms with Gasteiger partial charge in [0.2, 0.25) is 0 Å². The number of non-ortho nitro benzene ring substituents is 1. The molecule has 0 atom stereocenters. The van der Waals surface area contributed by atoms with E-state index in [4.69, 9.17) is 0 Å². The predicted octanol–water partition coefficient (Wildman–Crippen LogP) is 3.40. The van der Waals surface area contributed by atoms with Crippen molar-refractivity contribution in [2.45, 2.75) is 11.4 Å². The zero-order chi connectivity index (χ0) is 18.7. The molecule has 26 heavy (non-hydrogen) atoms. The van der Waals surface area contributed by atoms with Gasteiger partial charge in [0.05, 0.1) is 27.0 Å². The highest BCUT2D eigenvalue weighted by atomic mass is 79.9. The molecule has 0 radical (unpaired) electrons. The van der Waals surface area contributed by atoms with Crippen LogP contribution in [-0.2, 0) is 16.6 Å². The van der Waals surface area contributed by atoms with Crippen molar-refractivity contribution in [1.82, 2.24) is 9.78 Å². The highest BCUT2D eigenvalue weighted by molar-refractivity contribution is 9.10. The van der Waals surface area contributed by atoms with Gasteiger partial charge in [-0.1, -0.05) is 18.2 Å². The molecule has 0 bridgehead atoms. The molecule has 8 nitrogen and oxygen atoms in total. The predicted molar refractivity (Wildman–Crippen MR) is 99.4 cm³/mol. The molecule has 134 valence electrons. The monoisotopic (exact) mass is 436 g/mol. The maximum absolute atomic E-state index is 12.5. The van der Waals surface area contributed by atoms with Crippen molar-refractivity contribution in [2.75, 3.05) is 4.72 Å². The van der Waals surface area contributed by atoms with Gasteiger partial charge in [-0.25, -0.2) is 8.42 Å². The first-order valence-electron chi connectivity index (χ1n) is 7.38. The highest BCUT2D eigenvalue weighted by Crippen LogP contribution is 2.21. The van der Waals surface area contributed by atoms with Gasteiger partial charge in [-0.15, -0.1) is 0 Å². The molecule has 0 saturated heterocycles. The normalized spacial score (nSPS) is 11.3. The molecule has 0 aliphatic rings. The summed E-state index contributed by atoms with van der Waals surface area (Å²) in [6.45, 7) is 0.470. The van der Waals surface area contributed by atoms with Gasteiger partial charge in [-0.3, -0.25) is 19.5 Å². The summed E-state index contributed by atoms with van der Waals surface area (Å²) in [4.78, 5) is 10.0. The first-order chi connectivity index (χ1) is 12.3. The van der Waals surface area contributed by atoms with Crippen LogP contribution in [0.4, 0.5) is 11.4 Å². The Morgan fingerprint density at radius 3 is 2.65 bits per heavy atom. The zero-order valence-corrected chi connectivity index (χ0v) is 15.6. The molecule has 3 rings (SSSR count). The minimum Gasteiger partial charge on any atom is -0.280 e. The van der Waals surface area contributed by atoms with Crippen LogP contribution in [0.15, 0.2) is 70.3 Å². The van der Waals surface area contributed by atoms with E-state index >= 15 is 0 Å². The summed E-state index contributed by atoms with van der Waals surface area (Å²) < 4.78 is 30.0. The van der Waals surface area contributed by atoms with Gasteiger partial charge in [-0.2, -0.15) is 5.10 Å². The van der Waals surface area contributed by atoms with E-state index < -0.39 is 14.9 Å². The SMILES string of the molecule is O=[N+]([O-])c1cccc(S(=O)(=O)Nc2cccc(Cn3cc(Br)cn3)c2)c1. The standard InChI is InChI=1S/C16H13BrN4O4S/c17-13-9-18-20(11-13)10-12-3-1-4-14(7-12)19-26(24,25)16-6-2-5-15(8-16)21(22)23/h1-9,11,19H,10H2. The number of halogens is 1. The Labute approximate surface area is 157 Å². The number of aromatic nitrogens is 2. The van der Waals surface area contributed by atoms with E-state index in [1.165, 1.54) is 18.2 Å². The lowest BCUT2D eigenvalue weighted by atomic mass is 10.2. The zero-order valence-electron chi connectivity index (χ0n) is 13.2. The van der Waals surface area contributed by atoms with Crippen LogP contribution < -0.4 is 4.72 Å². The number of nitro groups is 1. The van der Waals surface area contributed by atoms with Crippen molar-refractivity contribution in [3.05, 3.63) is 81.1 Å². The Hall–Kier alpha value is -2.72. The second kappa shape index (κ2) is 7.26. The molecule has 0 fully saturated rings. The van der Waals surface area contributed by atoms with Gasteiger partial charge >= 0.3 is 0 Å². The largest absolute Gasteiger partial charge is 0.280 e. The summed E-state index contributed by atoms with van der Waals surface area (Å²) in [5, 5.41) is 15.0. The number of nitrogens with zero attached hydrogens (tertiary/aromatic N) is 3. The smallest absolute Gasteiger partial charge is 0.270 e. The fraction of sp³-hybridized carbons (Fsp3) is 0.0625. The van der Waals surface area contributed by atoms with Gasteiger partial charge in [-0.05, 0) is 39.7 Å². The highest BCUT2D eigenvalue weighted by Gasteiger charge is 2.18. The molecule has 0 saturated carbocycles. The van der Waals surface area contributed by atoms with Gasteiger partial charge in [0.15, 0.2) is 0 Å². The van der Waals surface area contributed by atoms with Crippen LogP contribution in [0.1, 0.15) is 5.56 Å². The molecule has 0 aliphatic heterocycles. The summed E-state index contributed by atoms with van der Waals surface area (Å²) in [6.07, 6.45) is 3.47. The van der Waals surface area contributed by atoms with Crippen molar-refractivity contribution in [2.24, 2.45) is 0 Å². The van der Waals surface area contributed by atoms with Crippen molar-refractivity contribution >= 4 is 37.3 Å². The number of nitro benzene ring substituents is 1. The topological polar surface area (TPSA) is 107 Å². The fourth-order valence-corrected chi connectivity index (χ4v) is 3.74. The average molecular weight is 437 g/mol. The van der Waals surface area contributed by atoms with E-state index in [2.05, 4.69) is 25.8 Å². The number of rotatable bonds is 6. The Morgan fingerprint density at radius 2 is 1.96 bits per heavy atom. The fourth-order valence-electron chi connectivity index (χ4n) is 2.32. The molecule has 1 heterocycles. The van der Waals surface area contributed by atoms with Crippen molar-refractivity contribution < 1.29 is 13.3 Å². The first-order valence-corrected chi connectivity index (χ1v) is 9.65. The van der Waals surface area contributed by atoms with Crippen LogP contribution in [0.3, 0.4) is 0 Å². The Bertz CT molecular complexity index is 1070. The van der Waals surface area contributed by atoms with E-state index in [1.54, 1.807) is 35.3 Å². The number of hydrogen-bond donors (Lipinski definition) is 1. The van der Waals surface area contributed by atoms with Gasteiger partial charge in [0.1, 0.15) is 0 Å². The van der Waals surface area contributed by atoms with E-state index in [-0.39, 0.29) is 10.6 Å². The van der Waals surface area contributed by atoms with Crippen LogP contribution in [0.5, 0.6) is 0 Å². The molecular weight excluding hydrogens is 424 g/mol. The number of anilines is 1. The lowest BCUT2D eigenvalue weighted by molar-refractivity contribution is -0.385. The van der Waals surface area contributed by atoms with Gasteiger partial charge in [0, 0.05) is 24.0 Å². The summed E-state index contributed by atoms with van der Waals surface area (Å²) in [5.41, 5.74) is 0.922. The number of nitrogens with one attached hydrogen (secondary N) is 1. The second-order valence-electron chi connectivity index (χ2n) is 5.42. The molecule has 3 aromatic rings. The molecule has 0 unspecified atom stereocenters. The quantitative estimate of drug-likeness (QED) is 0.470. The van der Waals surface area contributed by atoms with Crippen LogP contribution >= 0.6 is 15.9 Å². The molecule has 10 heteroatoms. The van der Waals surface area contributed by atoms with Gasteiger partial charge in [0.25, 0.3) is 15.7 Å². The number of sulfonamides is 1. The molecule has 0 aliphatic carbocycles. The Balaban J connectivity index is 1.82. The van der Waals surface area contributed by atoms with E-state index in [1.807, 2.05) is 6.07 Å². The Kier molecular flexibility index (Phi) is 5.05. The number of benzene rings is 2. The molecule has 0 spiro atoms. The summed E-state index contributed by atoms with van der Waals surface area (Å²) in [6, 6.07) is 11.8. The molecule has 2 aromatic carbocycles. The third-order valence-corrected chi connectivity index (χ3v) is 5.25. The lowest BCUT2D eigenvalue weighted by Crippen LogP contribution is -2.13. The molecule has 0 amide bonds. The summed E-state index contributed by atoms with van der Waals surface area (Å²) >= 11 is 3.32. The second-order valence-corrected chi connectivity index (χ2v) is 8.01. The van der Waals surface area contributed by atoms with Crippen molar-refractivity contribution in [3.63, 3.8) is 0 Å². The summed E-state index contributed by atoms with van der Waals surface area (Å²) in [7, 11) is -3.94. The molecular formula is C16H13BrN4O4S. The Morgan fingerprint density at radius 1 is 1.19 bits per heavy atom. The number of hydrogen-bond acceptors (Lipinski definition) is 5. The van der Waals surface area contributed by atoms with E-state index in [0.717, 1.165) is 16.1 Å². The van der Waals surface area contributed by atoms with Crippen LogP contribution in [0.2, 0.25) is 0 Å². The van der Waals surface area contributed by atoms with Crippen LogP contribution in [0.25, 0.3) is 0 Å². The van der Waals surface area contributed by atoms with E-state index in [9.17, 15) is 18.5 Å². The molecule has 1 aromatic heterocycles. The third kappa shape index (κ3) is 4.27. The first kappa shape index (κ1) is 18.1.